The Labute approximate surface area is 136 Å². The number of amides is 1. The van der Waals surface area contributed by atoms with Gasteiger partial charge in [0, 0.05) is 38.3 Å². The minimum atomic E-state index is -0.186. The fourth-order valence-electron chi connectivity index (χ4n) is 3.58. The SMILES string of the molecule is Cc1cc(NC(=O)CN2CCN(C3CCCCC3O)CC2)no1. The highest BCUT2D eigenvalue weighted by molar-refractivity contribution is 5.91. The van der Waals surface area contributed by atoms with Crippen molar-refractivity contribution < 1.29 is 14.4 Å². The third-order valence-electron chi connectivity index (χ3n) is 4.83. The molecule has 1 saturated heterocycles. The average Bonchev–Trinajstić information content (AvgIpc) is 2.93. The van der Waals surface area contributed by atoms with Gasteiger partial charge in [-0.2, -0.15) is 0 Å². The first kappa shape index (κ1) is 16.4. The quantitative estimate of drug-likeness (QED) is 0.855. The van der Waals surface area contributed by atoms with Crippen LogP contribution in [0.2, 0.25) is 0 Å². The van der Waals surface area contributed by atoms with Gasteiger partial charge in [-0.15, -0.1) is 0 Å². The van der Waals surface area contributed by atoms with Gasteiger partial charge in [-0.05, 0) is 19.8 Å². The van der Waals surface area contributed by atoms with Gasteiger partial charge in [0.05, 0.1) is 12.6 Å². The van der Waals surface area contributed by atoms with Crippen LogP contribution >= 0.6 is 0 Å². The molecule has 1 saturated carbocycles. The van der Waals surface area contributed by atoms with Crippen LogP contribution in [0.1, 0.15) is 31.4 Å². The van der Waals surface area contributed by atoms with Gasteiger partial charge in [0.25, 0.3) is 0 Å². The monoisotopic (exact) mass is 322 g/mol. The largest absolute Gasteiger partial charge is 0.391 e. The molecule has 3 rings (SSSR count). The molecule has 0 radical (unpaired) electrons. The van der Waals surface area contributed by atoms with Gasteiger partial charge in [0.1, 0.15) is 5.76 Å². The standard InChI is InChI=1S/C16H26N4O3/c1-12-10-15(18-23-12)17-16(22)11-19-6-8-20(9-7-19)13-4-2-3-5-14(13)21/h10,13-14,21H,2-9,11H2,1H3,(H,17,18,22). The first-order chi connectivity index (χ1) is 11.1. The summed E-state index contributed by atoms with van der Waals surface area (Å²) in [5.74, 6) is 1.08. The molecular formula is C16H26N4O3. The van der Waals surface area contributed by atoms with E-state index in [1.165, 1.54) is 6.42 Å². The molecule has 2 atom stereocenters. The lowest BCUT2D eigenvalue weighted by Crippen LogP contribution is -2.55. The van der Waals surface area contributed by atoms with Gasteiger partial charge in [0.2, 0.25) is 5.91 Å². The number of aryl methyl sites for hydroxylation is 1. The lowest BCUT2D eigenvalue weighted by molar-refractivity contribution is -0.118. The highest BCUT2D eigenvalue weighted by Crippen LogP contribution is 2.24. The second-order valence-electron chi connectivity index (χ2n) is 6.60. The number of carbonyl (C=O) groups excluding carboxylic acids is 1. The van der Waals surface area contributed by atoms with E-state index in [-0.39, 0.29) is 12.0 Å². The second-order valence-corrected chi connectivity index (χ2v) is 6.60. The van der Waals surface area contributed by atoms with Crippen LogP contribution in [0.15, 0.2) is 10.6 Å². The number of hydrogen-bond donors (Lipinski definition) is 2. The number of aliphatic hydroxyl groups excluding tert-OH is 1. The Morgan fingerprint density at radius 1 is 1.35 bits per heavy atom. The molecule has 0 bridgehead atoms. The van der Waals surface area contributed by atoms with E-state index < -0.39 is 0 Å². The number of aliphatic hydroxyl groups is 1. The highest BCUT2D eigenvalue weighted by Gasteiger charge is 2.31. The van der Waals surface area contributed by atoms with Crippen LogP contribution in [0.3, 0.4) is 0 Å². The topological polar surface area (TPSA) is 81.8 Å². The van der Waals surface area contributed by atoms with Gasteiger partial charge in [-0.25, -0.2) is 0 Å². The molecule has 0 spiro atoms. The minimum absolute atomic E-state index is 0.0653. The van der Waals surface area contributed by atoms with Gasteiger partial charge in [-0.1, -0.05) is 18.0 Å². The van der Waals surface area contributed by atoms with Gasteiger partial charge in [-0.3, -0.25) is 14.6 Å². The maximum atomic E-state index is 12.0. The van der Waals surface area contributed by atoms with Crippen molar-refractivity contribution in [2.24, 2.45) is 0 Å². The molecule has 2 fully saturated rings. The van der Waals surface area contributed by atoms with Crippen LogP contribution in [0.5, 0.6) is 0 Å². The van der Waals surface area contributed by atoms with Crippen molar-refractivity contribution in [2.75, 3.05) is 38.0 Å². The zero-order chi connectivity index (χ0) is 16.2. The van der Waals surface area contributed by atoms with Crippen LogP contribution in [0.25, 0.3) is 0 Å². The Kier molecular flexibility index (Phi) is 5.30. The molecule has 2 unspecified atom stereocenters. The fourth-order valence-corrected chi connectivity index (χ4v) is 3.58. The first-order valence-electron chi connectivity index (χ1n) is 8.49. The van der Waals surface area contributed by atoms with Crippen molar-refractivity contribution in [2.45, 2.75) is 44.8 Å². The van der Waals surface area contributed by atoms with E-state index in [1.807, 2.05) is 0 Å². The molecule has 0 aromatic carbocycles. The molecule has 23 heavy (non-hydrogen) atoms. The van der Waals surface area contributed by atoms with E-state index in [4.69, 9.17) is 4.52 Å². The fraction of sp³-hybridized carbons (Fsp3) is 0.750. The summed E-state index contributed by atoms with van der Waals surface area (Å²) < 4.78 is 4.94. The number of anilines is 1. The van der Waals surface area contributed by atoms with E-state index >= 15 is 0 Å². The average molecular weight is 322 g/mol. The van der Waals surface area contributed by atoms with Gasteiger partial charge in [0.15, 0.2) is 5.82 Å². The van der Waals surface area contributed by atoms with Crippen LogP contribution in [-0.2, 0) is 4.79 Å². The van der Waals surface area contributed by atoms with E-state index in [0.717, 1.165) is 45.4 Å². The van der Waals surface area contributed by atoms with Crippen molar-refractivity contribution in [1.82, 2.24) is 15.0 Å². The van der Waals surface area contributed by atoms with Gasteiger partial charge >= 0.3 is 0 Å². The highest BCUT2D eigenvalue weighted by atomic mass is 16.5. The van der Waals surface area contributed by atoms with Gasteiger partial charge < -0.3 is 14.9 Å². The molecule has 2 N–H and O–H groups in total. The molecule has 128 valence electrons. The van der Waals surface area contributed by atoms with E-state index in [0.29, 0.717) is 24.2 Å². The van der Waals surface area contributed by atoms with Crippen LogP contribution < -0.4 is 5.32 Å². The number of nitrogens with one attached hydrogen (secondary N) is 1. The molecule has 1 aromatic rings. The van der Waals surface area contributed by atoms with Crippen molar-refractivity contribution >= 4 is 11.7 Å². The van der Waals surface area contributed by atoms with E-state index in [2.05, 4.69) is 20.3 Å². The zero-order valence-electron chi connectivity index (χ0n) is 13.7. The third kappa shape index (κ3) is 4.31. The summed E-state index contributed by atoms with van der Waals surface area (Å²) in [6.45, 7) is 5.70. The Bertz CT molecular complexity index is 525. The smallest absolute Gasteiger partial charge is 0.239 e. The van der Waals surface area contributed by atoms with Crippen LogP contribution in [-0.4, -0.2) is 70.8 Å². The Balaban J connectivity index is 1.42. The minimum Gasteiger partial charge on any atom is -0.391 e. The molecule has 1 aliphatic carbocycles. The molecule has 1 aliphatic heterocycles. The number of piperazine rings is 1. The van der Waals surface area contributed by atoms with Crippen LogP contribution in [0.4, 0.5) is 5.82 Å². The summed E-state index contributed by atoms with van der Waals surface area (Å²) >= 11 is 0. The molecule has 2 heterocycles. The second kappa shape index (κ2) is 7.42. The Morgan fingerprint density at radius 3 is 2.74 bits per heavy atom. The maximum absolute atomic E-state index is 12.0. The number of rotatable bonds is 4. The third-order valence-corrected chi connectivity index (χ3v) is 4.83. The maximum Gasteiger partial charge on any atom is 0.239 e. The molecule has 2 aliphatic rings. The van der Waals surface area contributed by atoms with Crippen molar-refractivity contribution in [3.63, 3.8) is 0 Å². The van der Waals surface area contributed by atoms with Crippen molar-refractivity contribution in [1.29, 1.82) is 0 Å². The molecular weight excluding hydrogens is 296 g/mol. The number of nitrogens with zero attached hydrogens (tertiary/aromatic N) is 3. The number of carbonyl (C=O) groups is 1. The summed E-state index contributed by atoms with van der Waals surface area (Å²) in [4.78, 5) is 16.6. The normalized spacial score (nSPS) is 27.0. The Hall–Kier alpha value is -1.44. The van der Waals surface area contributed by atoms with Crippen LogP contribution in [0, 0.1) is 6.92 Å². The number of hydrogen-bond acceptors (Lipinski definition) is 6. The molecule has 7 heteroatoms. The van der Waals surface area contributed by atoms with E-state index in [9.17, 15) is 9.90 Å². The van der Waals surface area contributed by atoms with E-state index in [1.54, 1.807) is 13.0 Å². The predicted molar refractivity (Wildman–Crippen MR) is 86.1 cm³/mol. The lowest BCUT2D eigenvalue weighted by atomic mass is 9.91. The summed E-state index contributed by atoms with van der Waals surface area (Å²) in [5, 5.41) is 16.7. The zero-order valence-corrected chi connectivity index (χ0v) is 13.7. The van der Waals surface area contributed by atoms with Crippen molar-refractivity contribution in [3.8, 4) is 0 Å². The lowest BCUT2D eigenvalue weighted by Gasteiger charge is -2.42. The summed E-state index contributed by atoms with van der Waals surface area (Å²) in [7, 11) is 0. The Morgan fingerprint density at radius 2 is 2.09 bits per heavy atom. The molecule has 7 nitrogen and oxygen atoms in total. The van der Waals surface area contributed by atoms with Crippen molar-refractivity contribution in [3.05, 3.63) is 11.8 Å². The predicted octanol–water partition coefficient (Wildman–Crippen LogP) is 0.843. The first-order valence-corrected chi connectivity index (χ1v) is 8.49. The summed E-state index contributed by atoms with van der Waals surface area (Å²) in [5.41, 5.74) is 0. The number of aromatic nitrogens is 1. The molecule has 1 amide bonds. The summed E-state index contributed by atoms with van der Waals surface area (Å²) in [6.07, 6.45) is 4.17. The summed E-state index contributed by atoms with van der Waals surface area (Å²) in [6, 6.07) is 2.01. The molecule has 1 aromatic heterocycles.